The van der Waals surface area contributed by atoms with Gasteiger partial charge in [0.15, 0.2) is 0 Å². The van der Waals surface area contributed by atoms with Gasteiger partial charge in [-0.25, -0.2) is 5.43 Å². The monoisotopic (exact) mass is 348 g/mol. The van der Waals surface area contributed by atoms with Crippen LogP contribution in [0.4, 0.5) is 0 Å². The third-order valence-electron chi connectivity index (χ3n) is 3.53. The highest BCUT2D eigenvalue weighted by molar-refractivity contribution is 9.10. The van der Waals surface area contributed by atoms with Gasteiger partial charge in [0.2, 0.25) is 0 Å². The maximum Gasteiger partial charge on any atom is 0.133 e. The second-order valence-corrected chi connectivity index (χ2v) is 5.84. The molecule has 112 valence electrons. The van der Waals surface area contributed by atoms with Crippen molar-refractivity contribution in [1.29, 1.82) is 0 Å². The van der Waals surface area contributed by atoms with Gasteiger partial charge in [-0.3, -0.25) is 5.84 Å². The molecule has 0 amide bonds. The molecule has 0 bridgehead atoms. The quantitative estimate of drug-likeness (QED) is 0.613. The first-order chi connectivity index (χ1) is 10.2. The van der Waals surface area contributed by atoms with Crippen molar-refractivity contribution < 1.29 is 4.74 Å². The summed E-state index contributed by atoms with van der Waals surface area (Å²) in [5, 5.41) is 0. The molecule has 0 saturated carbocycles. The third kappa shape index (κ3) is 3.84. The number of hydrogen-bond acceptors (Lipinski definition) is 3. The van der Waals surface area contributed by atoms with E-state index in [-0.39, 0.29) is 6.04 Å². The number of methoxy groups -OCH3 is 1. The summed E-state index contributed by atoms with van der Waals surface area (Å²) in [6.07, 6.45) is 2.26. The fourth-order valence-corrected chi connectivity index (χ4v) is 2.97. The number of ether oxygens (including phenoxy) is 1. The summed E-state index contributed by atoms with van der Waals surface area (Å²) in [5.41, 5.74) is 6.48. The van der Waals surface area contributed by atoms with Crippen LogP contribution in [-0.4, -0.2) is 7.11 Å². The minimum Gasteiger partial charge on any atom is -0.496 e. The first-order valence-corrected chi connectivity index (χ1v) is 7.87. The number of halogens is 1. The Labute approximate surface area is 134 Å². The number of nitrogens with two attached hydrogens (primary N) is 1. The van der Waals surface area contributed by atoms with Gasteiger partial charge in [-0.15, -0.1) is 0 Å². The van der Waals surface area contributed by atoms with Gasteiger partial charge in [-0.1, -0.05) is 43.7 Å². The minimum absolute atomic E-state index is 0.0390. The Balaban J connectivity index is 2.28. The number of hydrazine groups is 1. The molecule has 21 heavy (non-hydrogen) atoms. The Hall–Kier alpha value is -1.36. The fraction of sp³-hybridized carbons (Fsp3) is 0.294. The normalized spacial score (nSPS) is 12.2. The average molecular weight is 349 g/mol. The van der Waals surface area contributed by atoms with Crippen molar-refractivity contribution in [3.8, 4) is 5.75 Å². The Morgan fingerprint density at radius 2 is 1.81 bits per heavy atom. The lowest BCUT2D eigenvalue weighted by atomic mass is 9.97. The average Bonchev–Trinajstić information content (AvgIpc) is 2.50. The zero-order valence-corrected chi connectivity index (χ0v) is 14.0. The van der Waals surface area contributed by atoms with Gasteiger partial charge in [-0.2, -0.15) is 0 Å². The molecule has 3 N–H and O–H groups in total. The number of nitrogens with one attached hydrogen (secondary N) is 1. The van der Waals surface area contributed by atoms with E-state index in [9.17, 15) is 0 Å². The van der Waals surface area contributed by atoms with Crippen LogP contribution in [0.2, 0.25) is 0 Å². The predicted octanol–water partition coefficient (Wildman–Crippen LogP) is 3.96. The molecule has 0 aliphatic rings. The van der Waals surface area contributed by atoms with Gasteiger partial charge < -0.3 is 4.74 Å². The van der Waals surface area contributed by atoms with E-state index in [1.165, 1.54) is 5.56 Å². The number of benzene rings is 2. The van der Waals surface area contributed by atoms with Crippen molar-refractivity contribution in [2.75, 3.05) is 7.11 Å². The van der Waals surface area contributed by atoms with Crippen LogP contribution in [0.15, 0.2) is 46.9 Å². The van der Waals surface area contributed by atoms with Crippen LogP contribution in [0.3, 0.4) is 0 Å². The summed E-state index contributed by atoms with van der Waals surface area (Å²) in [6, 6.07) is 14.6. The van der Waals surface area contributed by atoms with Crippen LogP contribution in [-0.2, 0) is 6.42 Å². The van der Waals surface area contributed by atoms with E-state index in [1.54, 1.807) is 7.11 Å². The van der Waals surface area contributed by atoms with E-state index in [0.717, 1.165) is 34.2 Å². The molecule has 0 radical (unpaired) electrons. The molecule has 0 aromatic heterocycles. The van der Waals surface area contributed by atoms with Gasteiger partial charge >= 0.3 is 0 Å². The van der Waals surface area contributed by atoms with Crippen molar-refractivity contribution in [2.45, 2.75) is 25.8 Å². The van der Waals surface area contributed by atoms with Crippen molar-refractivity contribution in [2.24, 2.45) is 5.84 Å². The van der Waals surface area contributed by atoms with Crippen LogP contribution in [0.25, 0.3) is 0 Å². The minimum atomic E-state index is -0.0390. The van der Waals surface area contributed by atoms with Gasteiger partial charge in [0.25, 0.3) is 0 Å². The highest BCUT2D eigenvalue weighted by atomic mass is 79.9. The number of aryl methyl sites for hydroxylation is 1. The van der Waals surface area contributed by atoms with E-state index in [0.29, 0.717) is 0 Å². The Morgan fingerprint density at radius 1 is 1.14 bits per heavy atom. The zero-order valence-electron chi connectivity index (χ0n) is 12.4. The summed E-state index contributed by atoms with van der Waals surface area (Å²) < 4.78 is 6.18. The highest BCUT2D eigenvalue weighted by Gasteiger charge is 2.14. The van der Waals surface area contributed by atoms with Crippen molar-refractivity contribution in [1.82, 2.24) is 5.43 Å². The van der Waals surface area contributed by atoms with Crippen molar-refractivity contribution in [3.05, 3.63) is 63.6 Å². The maximum atomic E-state index is 5.76. The van der Waals surface area contributed by atoms with E-state index >= 15 is 0 Å². The molecule has 0 spiro atoms. The molecule has 2 aromatic rings. The number of rotatable bonds is 6. The molecular weight excluding hydrogens is 328 g/mol. The zero-order chi connectivity index (χ0) is 15.2. The summed E-state index contributed by atoms with van der Waals surface area (Å²) >= 11 is 3.52. The Morgan fingerprint density at radius 3 is 2.33 bits per heavy atom. The summed E-state index contributed by atoms with van der Waals surface area (Å²) in [6.45, 7) is 2.19. The van der Waals surface area contributed by atoms with Crippen LogP contribution in [0, 0.1) is 0 Å². The van der Waals surface area contributed by atoms with E-state index < -0.39 is 0 Å². The van der Waals surface area contributed by atoms with Gasteiger partial charge in [-0.05, 0) is 51.2 Å². The van der Waals surface area contributed by atoms with Crippen molar-refractivity contribution in [3.63, 3.8) is 0 Å². The van der Waals surface area contributed by atoms with Gasteiger partial charge in [0.1, 0.15) is 5.75 Å². The fourth-order valence-electron chi connectivity index (χ4n) is 2.41. The largest absolute Gasteiger partial charge is 0.496 e. The van der Waals surface area contributed by atoms with Crippen LogP contribution in [0.5, 0.6) is 5.75 Å². The van der Waals surface area contributed by atoms with E-state index in [2.05, 4.69) is 52.5 Å². The molecule has 2 aromatic carbocycles. The lowest BCUT2D eigenvalue weighted by Gasteiger charge is -2.18. The lowest BCUT2D eigenvalue weighted by molar-refractivity contribution is 0.411. The Kier molecular flexibility index (Phi) is 5.79. The van der Waals surface area contributed by atoms with E-state index in [4.69, 9.17) is 10.6 Å². The molecule has 4 heteroatoms. The van der Waals surface area contributed by atoms with Crippen molar-refractivity contribution >= 4 is 15.9 Å². The molecule has 2 rings (SSSR count). The van der Waals surface area contributed by atoms with Gasteiger partial charge in [0.05, 0.1) is 17.6 Å². The van der Waals surface area contributed by atoms with E-state index in [1.807, 2.05) is 18.2 Å². The molecule has 0 saturated heterocycles. The molecule has 0 aliphatic carbocycles. The predicted molar refractivity (Wildman–Crippen MR) is 90.3 cm³/mol. The molecular formula is C17H21BrN2O. The molecule has 0 aliphatic heterocycles. The summed E-state index contributed by atoms with van der Waals surface area (Å²) in [7, 11) is 1.66. The van der Waals surface area contributed by atoms with Crippen LogP contribution in [0.1, 0.15) is 36.1 Å². The standard InChI is InChI=1S/C17H21BrN2O/c1-3-4-12-5-7-13(8-6-12)17(20-19)14-9-10-16(21-2)15(18)11-14/h5-11,17,20H,3-4,19H2,1-2H3. The third-order valence-corrected chi connectivity index (χ3v) is 4.15. The molecule has 3 nitrogen and oxygen atoms in total. The molecule has 1 atom stereocenters. The maximum absolute atomic E-state index is 5.76. The first kappa shape index (κ1) is 16.0. The topological polar surface area (TPSA) is 47.3 Å². The lowest BCUT2D eigenvalue weighted by Crippen LogP contribution is -2.28. The molecule has 0 fully saturated rings. The highest BCUT2D eigenvalue weighted by Crippen LogP contribution is 2.30. The van der Waals surface area contributed by atoms with Gasteiger partial charge in [0, 0.05) is 0 Å². The summed E-state index contributed by atoms with van der Waals surface area (Å²) in [5.74, 6) is 6.57. The molecule has 1 unspecified atom stereocenters. The summed E-state index contributed by atoms with van der Waals surface area (Å²) in [4.78, 5) is 0. The second-order valence-electron chi connectivity index (χ2n) is 4.99. The Bertz CT molecular complexity index is 584. The number of hydrogen-bond donors (Lipinski definition) is 2. The first-order valence-electron chi connectivity index (χ1n) is 7.08. The second kappa shape index (κ2) is 7.59. The van der Waals surface area contributed by atoms with Crippen LogP contribution < -0.4 is 16.0 Å². The smallest absolute Gasteiger partial charge is 0.133 e. The molecule has 0 heterocycles. The SMILES string of the molecule is CCCc1ccc(C(NN)c2ccc(OC)c(Br)c2)cc1. The van der Waals surface area contributed by atoms with Crippen LogP contribution >= 0.6 is 15.9 Å².